The van der Waals surface area contributed by atoms with Crippen molar-refractivity contribution in [2.75, 3.05) is 26.7 Å². The fourth-order valence-electron chi connectivity index (χ4n) is 3.65. The van der Waals surface area contributed by atoms with Gasteiger partial charge in [0.2, 0.25) is 5.91 Å². The maximum absolute atomic E-state index is 12.8. The van der Waals surface area contributed by atoms with Crippen LogP contribution in [0.15, 0.2) is 35.1 Å². The van der Waals surface area contributed by atoms with Crippen molar-refractivity contribution in [2.24, 2.45) is 0 Å². The number of aromatic nitrogens is 2. The van der Waals surface area contributed by atoms with E-state index in [0.717, 1.165) is 24.3 Å². The van der Waals surface area contributed by atoms with Gasteiger partial charge in [0.25, 0.3) is 0 Å². The Morgan fingerprint density at radius 2 is 1.96 bits per heavy atom. The lowest BCUT2D eigenvalue weighted by molar-refractivity contribution is -0.134. The molecule has 1 atom stereocenters. The Kier molecular flexibility index (Phi) is 5.52. The average molecular weight is 354 g/mol. The van der Waals surface area contributed by atoms with Gasteiger partial charge in [-0.05, 0) is 38.4 Å². The Bertz CT molecular complexity index is 805. The van der Waals surface area contributed by atoms with Crippen LogP contribution in [0.4, 0.5) is 0 Å². The van der Waals surface area contributed by atoms with E-state index in [1.165, 1.54) is 5.56 Å². The first-order valence-electron chi connectivity index (χ1n) is 9.05. The highest BCUT2D eigenvalue weighted by Crippen LogP contribution is 2.24. The van der Waals surface area contributed by atoms with E-state index in [1.54, 1.807) is 0 Å². The summed E-state index contributed by atoms with van der Waals surface area (Å²) in [5, 5.41) is 0. The van der Waals surface area contributed by atoms with Crippen molar-refractivity contribution in [1.82, 2.24) is 19.8 Å². The largest absolute Gasteiger partial charge is 0.345 e. The highest BCUT2D eigenvalue weighted by Gasteiger charge is 2.28. The van der Waals surface area contributed by atoms with Crippen molar-refractivity contribution < 1.29 is 4.79 Å². The summed E-state index contributed by atoms with van der Waals surface area (Å²) in [4.78, 5) is 35.1. The van der Waals surface area contributed by atoms with E-state index < -0.39 is 0 Å². The fraction of sp³-hybridized carbons (Fsp3) is 0.450. The molecule has 138 valence electrons. The SMILES string of the molecule is Cc1nc(=O)[nH]c(C)c1CCC(=O)N1CCN(C)[C@@H](c2ccccc2)C1. The first kappa shape index (κ1) is 18.3. The third-order valence-corrected chi connectivity index (χ3v) is 5.23. The molecule has 0 aliphatic carbocycles. The molecule has 0 radical (unpaired) electrons. The van der Waals surface area contributed by atoms with Gasteiger partial charge in [-0.3, -0.25) is 9.69 Å². The number of H-pyrrole nitrogens is 1. The lowest BCUT2D eigenvalue weighted by Gasteiger charge is -2.39. The number of carbonyl (C=O) groups is 1. The van der Waals surface area contributed by atoms with Crippen LogP contribution in [-0.4, -0.2) is 52.4 Å². The lowest BCUT2D eigenvalue weighted by Crippen LogP contribution is -2.49. The van der Waals surface area contributed by atoms with Crippen molar-refractivity contribution >= 4 is 5.91 Å². The van der Waals surface area contributed by atoms with E-state index >= 15 is 0 Å². The Morgan fingerprint density at radius 1 is 1.23 bits per heavy atom. The predicted octanol–water partition coefficient (Wildman–Crippen LogP) is 1.83. The molecule has 1 saturated heterocycles. The number of aryl methyl sites for hydroxylation is 2. The van der Waals surface area contributed by atoms with Crippen LogP contribution < -0.4 is 5.69 Å². The van der Waals surface area contributed by atoms with Gasteiger partial charge in [0.05, 0.1) is 6.04 Å². The summed E-state index contributed by atoms with van der Waals surface area (Å²) < 4.78 is 0. The fourth-order valence-corrected chi connectivity index (χ4v) is 3.65. The van der Waals surface area contributed by atoms with Gasteiger partial charge in [-0.2, -0.15) is 4.98 Å². The Balaban J connectivity index is 1.66. The van der Waals surface area contributed by atoms with Crippen LogP contribution >= 0.6 is 0 Å². The van der Waals surface area contributed by atoms with E-state index in [-0.39, 0.29) is 17.6 Å². The second-order valence-electron chi connectivity index (χ2n) is 6.98. The molecule has 6 nitrogen and oxygen atoms in total. The molecule has 2 aromatic rings. The molecule has 0 saturated carbocycles. The number of benzene rings is 1. The maximum atomic E-state index is 12.8. The summed E-state index contributed by atoms with van der Waals surface area (Å²) in [6.07, 6.45) is 1.03. The smallest absolute Gasteiger partial charge is 0.339 e. The van der Waals surface area contributed by atoms with Crippen LogP contribution in [0.1, 0.15) is 35.0 Å². The topological polar surface area (TPSA) is 69.3 Å². The third-order valence-electron chi connectivity index (χ3n) is 5.23. The average Bonchev–Trinajstić information content (AvgIpc) is 2.61. The molecule has 0 bridgehead atoms. The highest BCUT2D eigenvalue weighted by molar-refractivity contribution is 5.76. The summed E-state index contributed by atoms with van der Waals surface area (Å²) in [7, 11) is 2.11. The monoisotopic (exact) mass is 354 g/mol. The number of hydrogen-bond acceptors (Lipinski definition) is 4. The van der Waals surface area contributed by atoms with E-state index in [9.17, 15) is 9.59 Å². The van der Waals surface area contributed by atoms with Crippen molar-refractivity contribution in [3.8, 4) is 0 Å². The first-order chi connectivity index (χ1) is 12.5. The molecule has 1 aliphatic heterocycles. The summed E-state index contributed by atoms with van der Waals surface area (Å²) in [5.74, 6) is 0.157. The molecule has 0 spiro atoms. The van der Waals surface area contributed by atoms with E-state index in [0.29, 0.717) is 25.1 Å². The Labute approximate surface area is 153 Å². The van der Waals surface area contributed by atoms with Gasteiger partial charge < -0.3 is 9.88 Å². The molecule has 1 N–H and O–H groups in total. The van der Waals surface area contributed by atoms with Gasteiger partial charge in [-0.1, -0.05) is 30.3 Å². The van der Waals surface area contributed by atoms with Crippen LogP contribution in [0.2, 0.25) is 0 Å². The van der Waals surface area contributed by atoms with Crippen molar-refractivity contribution in [3.63, 3.8) is 0 Å². The minimum absolute atomic E-state index is 0.157. The predicted molar refractivity (Wildman–Crippen MR) is 101 cm³/mol. The minimum atomic E-state index is -0.333. The molecular formula is C20H26N4O2. The van der Waals surface area contributed by atoms with Crippen LogP contribution in [0.3, 0.4) is 0 Å². The zero-order chi connectivity index (χ0) is 18.7. The van der Waals surface area contributed by atoms with E-state index in [4.69, 9.17) is 0 Å². The quantitative estimate of drug-likeness (QED) is 0.910. The molecule has 2 heterocycles. The summed E-state index contributed by atoms with van der Waals surface area (Å²) in [6, 6.07) is 10.6. The minimum Gasteiger partial charge on any atom is -0.339 e. The Hall–Kier alpha value is -2.47. The van der Waals surface area contributed by atoms with Gasteiger partial charge in [0.1, 0.15) is 0 Å². The molecule has 1 amide bonds. The second kappa shape index (κ2) is 7.83. The zero-order valence-electron chi connectivity index (χ0n) is 15.7. The van der Waals surface area contributed by atoms with Crippen molar-refractivity contribution in [1.29, 1.82) is 0 Å². The van der Waals surface area contributed by atoms with Crippen LogP contribution in [0.25, 0.3) is 0 Å². The second-order valence-corrected chi connectivity index (χ2v) is 6.98. The summed E-state index contributed by atoms with van der Waals surface area (Å²) in [5.41, 5.74) is 3.38. The molecule has 1 fully saturated rings. The number of amides is 1. The van der Waals surface area contributed by atoms with Crippen LogP contribution in [0.5, 0.6) is 0 Å². The number of carbonyl (C=O) groups excluding carboxylic acids is 1. The van der Waals surface area contributed by atoms with Crippen molar-refractivity contribution in [3.05, 3.63) is 63.3 Å². The normalized spacial score (nSPS) is 18.1. The van der Waals surface area contributed by atoms with E-state index in [2.05, 4.69) is 34.0 Å². The van der Waals surface area contributed by atoms with Crippen LogP contribution in [0, 0.1) is 13.8 Å². The molecule has 1 aliphatic rings. The molecule has 1 aromatic carbocycles. The van der Waals surface area contributed by atoms with E-state index in [1.807, 2.05) is 36.9 Å². The molecule has 3 rings (SSSR count). The van der Waals surface area contributed by atoms with Gasteiger partial charge in [-0.15, -0.1) is 0 Å². The molecular weight excluding hydrogens is 328 g/mol. The molecule has 1 aromatic heterocycles. The van der Waals surface area contributed by atoms with Gasteiger partial charge in [-0.25, -0.2) is 4.79 Å². The Morgan fingerprint density at radius 3 is 2.65 bits per heavy atom. The van der Waals surface area contributed by atoms with Gasteiger partial charge in [0.15, 0.2) is 0 Å². The summed E-state index contributed by atoms with van der Waals surface area (Å²) >= 11 is 0. The number of hydrogen-bond donors (Lipinski definition) is 1. The molecule has 6 heteroatoms. The van der Waals surface area contributed by atoms with Gasteiger partial charge in [0, 0.05) is 37.4 Å². The number of nitrogens with one attached hydrogen (secondary N) is 1. The highest BCUT2D eigenvalue weighted by atomic mass is 16.2. The number of piperazine rings is 1. The molecule has 26 heavy (non-hydrogen) atoms. The number of nitrogens with zero attached hydrogens (tertiary/aromatic N) is 3. The molecule has 0 unspecified atom stereocenters. The number of aromatic amines is 1. The lowest BCUT2D eigenvalue weighted by atomic mass is 10.0. The third kappa shape index (κ3) is 4.02. The number of rotatable bonds is 4. The maximum Gasteiger partial charge on any atom is 0.345 e. The zero-order valence-corrected chi connectivity index (χ0v) is 15.7. The summed E-state index contributed by atoms with van der Waals surface area (Å²) in [6.45, 7) is 6.01. The number of likely N-dealkylation sites (N-methyl/N-ethyl adjacent to an activating group) is 1. The first-order valence-corrected chi connectivity index (χ1v) is 9.05. The van der Waals surface area contributed by atoms with Crippen molar-refractivity contribution in [2.45, 2.75) is 32.7 Å². The standard InChI is InChI=1S/C20H26N4O2/c1-14-17(15(2)22-20(26)21-14)9-10-19(25)24-12-11-23(3)18(13-24)16-7-5-4-6-8-16/h4-8,18H,9-13H2,1-3H3,(H,21,22,26)/t18-/m1/s1. The van der Waals surface area contributed by atoms with Crippen LogP contribution in [-0.2, 0) is 11.2 Å². The van der Waals surface area contributed by atoms with Gasteiger partial charge >= 0.3 is 5.69 Å².